The van der Waals surface area contributed by atoms with Crippen molar-refractivity contribution in [3.8, 4) is 5.75 Å². The van der Waals surface area contributed by atoms with Crippen molar-refractivity contribution in [2.45, 2.75) is 43.7 Å². The molecule has 1 aliphatic heterocycles. The lowest BCUT2D eigenvalue weighted by Crippen LogP contribution is -2.35. The van der Waals surface area contributed by atoms with Gasteiger partial charge in [-0.05, 0) is 37.8 Å². The number of hydrogen-bond donors (Lipinski definition) is 2. The third kappa shape index (κ3) is 2.97. The van der Waals surface area contributed by atoms with Gasteiger partial charge in [-0.2, -0.15) is 9.61 Å². The first-order valence-corrected chi connectivity index (χ1v) is 11.1. The molecule has 10 heteroatoms. The van der Waals surface area contributed by atoms with Crippen molar-refractivity contribution < 1.29 is 9.84 Å². The van der Waals surface area contributed by atoms with Crippen LogP contribution in [0.2, 0.25) is 0 Å². The Hall–Kier alpha value is -3.40. The number of nitrogens with zero attached hydrogens (tertiary/aromatic N) is 7. The van der Waals surface area contributed by atoms with Crippen LogP contribution in [0.25, 0.3) is 16.6 Å². The van der Waals surface area contributed by atoms with Gasteiger partial charge in [-0.1, -0.05) is 6.07 Å². The molecule has 4 heterocycles. The largest absolute Gasteiger partial charge is 0.494 e. The fourth-order valence-corrected chi connectivity index (χ4v) is 4.85. The first-order chi connectivity index (χ1) is 15.6. The average molecular weight is 435 g/mol. The number of anilines is 2. The zero-order valence-corrected chi connectivity index (χ0v) is 17.9. The highest BCUT2D eigenvalue weighted by Crippen LogP contribution is 2.35. The van der Waals surface area contributed by atoms with E-state index in [9.17, 15) is 5.11 Å². The van der Waals surface area contributed by atoms with Gasteiger partial charge in [-0.25, -0.2) is 9.97 Å². The van der Waals surface area contributed by atoms with Crippen LogP contribution in [0.15, 0.2) is 30.6 Å². The van der Waals surface area contributed by atoms with E-state index in [0.717, 1.165) is 55.7 Å². The molecule has 0 spiro atoms. The van der Waals surface area contributed by atoms with Crippen molar-refractivity contribution >= 4 is 28.2 Å². The summed E-state index contributed by atoms with van der Waals surface area (Å²) in [6.45, 7) is 1.77. The molecule has 3 N–H and O–H groups in total. The van der Waals surface area contributed by atoms with Gasteiger partial charge in [0, 0.05) is 30.6 Å². The minimum absolute atomic E-state index is 0.102. The third-order valence-corrected chi connectivity index (χ3v) is 6.81. The van der Waals surface area contributed by atoms with E-state index in [1.54, 1.807) is 11.6 Å². The summed E-state index contributed by atoms with van der Waals surface area (Å²) in [4.78, 5) is 11.7. The molecule has 3 aromatic heterocycles. The fourth-order valence-electron chi connectivity index (χ4n) is 4.85. The highest BCUT2D eigenvalue weighted by Gasteiger charge is 2.32. The summed E-state index contributed by atoms with van der Waals surface area (Å²) in [6, 6.07) is 5.86. The number of rotatable bonds is 4. The van der Waals surface area contributed by atoms with Crippen molar-refractivity contribution in [1.82, 2.24) is 29.4 Å². The van der Waals surface area contributed by atoms with Gasteiger partial charge in [-0.3, -0.25) is 4.68 Å². The predicted octanol–water partition coefficient (Wildman–Crippen LogP) is 2.14. The van der Waals surface area contributed by atoms with E-state index in [4.69, 9.17) is 20.6 Å². The van der Waals surface area contributed by atoms with Gasteiger partial charge in [0.05, 0.1) is 31.1 Å². The fraction of sp³-hybridized carbons (Fsp3) is 0.455. The molecule has 166 valence electrons. The second kappa shape index (κ2) is 7.33. The lowest BCUT2D eigenvalue weighted by Gasteiger charge is -2.33. The second-order valence-electron chi connectivity index (χ2n) is 8.71. The van der Waals surface area contributed by atoms with Gasteiger partial charge >= 0.3 is 0 Å². The van der Waals surface area contributed by atoms with E-state index in [-0.39, 0.29) is 18.1 Å². The zero-order valence-electron chi connectivity index (χ0n) is 17.9. The third-order valence-electron chi connectivity index (χ3n) is 6.81. The minimum atomic E-state index is -0.286. The van der Waals surface area contributed by atoms with Gasteiger partial charge in [0.15, 0.2) is 11.5 Å². The van der Waals surface area contributed by atoms with Crippen LogP contribution in [-0.4, -0.2) is 60.8 Å². The molecule has 0 bridgehead atoms. The number of aliphatic hydroxyl groups excluding tert-OH is 1. The summed E-state index contributed by atoms with van der Waals surface area (Å²) in [5, 5.41) is 20.1. The molecule has 0 amide bonds. The van der Waals surface area contributed by atoms with Gasteiger partial charge in [0.2, 0.25) is 5.95 Å². The van der Waals surface area contributed by atoms with Crippen molar-refractivity contribution in [3.05, 3.63) is 36.4 Å². The van der Waals surface area contributed by atoms with E-state index < -0.39 is 0 Å². The number of aliphatic hydroxyl groups is 1. The van der Waals surface area contributed by atoms with Crippen LogP contribution in [0.1, 0.15) is 43.5 Å². The Balaban J connectivity index is 1.31. The number of para-hydroxylation sites is 1. The van der Waals surface area contributed by atoms with Crippen LogP contribution >= 0.6 is 0 Å². The van der Waals surface area contributed by atoms with Gasteiger partial charge in [-0.15, -0.1) is 5.10 Å². The number of piperidine rings is 1. The van der Waals surface area contributed by atoms with Crippen LogP contribution in [0.4, 0.5) is 11.6 Å². The summed E-state index contributed by atoms with van der Waals surface area (Å²) < 4.78 is 8.99. The SMILES string of the molecule is COc1cccc2c1nc(N)n1nc([C@@H]3CCCN(c4cnn(C5CCC5O)c4)C3)nc21. The second-order valence-corrected chi connectivity index (χ2v) is 8.71. The average Bonchev–Trinajstić information content (AvgIpc) is 3.46. The topological polar surface area (TPSA) is 120 Å². The number of ether oxygens (including phenoxy) is 1. The van der Waals surface area contributed by atoms with E-state index >= 15 is 0 Å². The molecule has 32 heavy (non-hydrogen) atoms. The maximum Gasteiger partial charge on any atom is 0.223 e. The summed E-state index contributed by atoms with van der Waals surface area (Å²) in [7, 11) is 1.62. The Morgan fingerprint density at radius 2 is 2.09 bits per heavy atom. The van der Waals surface area contributed by atoms with E-state index in [2.05, 4.69) is 15.0 Å². The van der Waals surface area contributed by atoms with E-state index in [0.29, 0.717) is 22.9 Å². The number of fused-ring (bicyclic) bond motifs is 3. The number of nitrogens with two attached hydrogens (primary N) is 1. The first-order valence-electron chi connectivity index (χ1n) is 11.1. The Kier molecular flexibility index (Phi) is 4.42. The van der Waals surface area contributed by atoms with Crippen molar-refractivity contribution in [2.24, 2.45) is 0 Å². The maximum absolute atomic E-state index is 9.95. The number of methoxy groups -OCH3 is 1. The Morgan fingerprint density at radius 3 is 2.88 bits per heavy atom. The molecule has 1 saturated carbocycles. The number of nitrogen functional groups attached to an aromatic ring is 1. The number of aromatic nitrogens is 6. The summed E-state index contributed by atoms with van der Waals surface area (Å²) in [5.74, 6) is 1.92. The normalized spacial score (nSPS) is 23.6. The first kappa shape index (κ1) is 19.3. The van der Waals surface area contributed by atoms with Crippen LogP contribution in [0.5, 0.6) is 5.75 Å². The zero-order chi connectivity index (χ0) is 21.8. The highest BCUT2D eigenvalue weighted by molar-refractivity contribution is 5.95. The standard InChI is InChI=1S/C22H26N8O2/c1-32-18-6-2-5-15-19(18)25-22(23)30-21(15)26-20(27-30)13-4-3-9-28(11-13)14-10-24-29(12-14)16-7-8-17(16)31/h2,5-6,10,12-13,16-17,31H,3-4,7-9,11H2,1H3,(H2,23,25)/t13-,16?,17?/m1/s1. The Labute approximate surface area is 184 Å². The summed E-state index contributed by atoms with van der Waals surface area (Å²) in [6.07, 6.45) is 7.54. The van der Waals surface area contributed by atoms with Gasteiger partial charge in [0.1, 0.15) is 11.3 Å². The summed E-state index contributed by atoms with van der Waals surface area (Å²) in [5.41, 5.74) is 8.69. The molecule has 1 aliphatic carbocycles. The molecular weight excluding hydrogens is 408 g/mol. The number of hydrogen-bond acceptors (Lipinski definition) is 8. The Bertz CT molecular complexity index is 1300. The molecule has 6 rings (SSSR count). The van der Waals surface area contributed by atoms with E-state index in [1.807, 2.05) is 35.3 Å². The quantitative estimate of drug-likeness (QED) is 0.501. The van der Waals surface area contributed by atoms with Crippen LogP contribution in [-0.2, 0) is 0 Å². The van der Waals surface area contributed by atoms with E-state index in [1.165, 1.54) is 0 Å². The molecule has 4 aromatic rings. The van der Waals surface area contributed by atoms with Crippen molar-refractivity contribution in [2.75, 3.05) is 30.8 Å². The highest BCUT2D eigenvalue weighted by atomic mass is 16.5. The predicted molar refractivity (Wildman–Crippen MR) is 120 cm³/mol. The van der Waals surface area contributed by atoms with Crippen LogP contribution in [0, 0.1) is 0 Å². The van der Waals surface area contributed by atoms with Crippen molar-refractivity contribution in [3.63, 3.8) is 0 Å². The molecule has 0 radical (unpaired) electrons. The molecule has 2 fully saturated rings. The van der Waals surface area contributed by atoms with Crippen molar-refractivity contribution in [1.29, 1.82) is 0 Å². The molecule has 2 unspecified atom stereocenters. The minimum Gasteiger partial charge on any atom is -0.494 e. The lowest BCUT2D eigenvalue weighted by molar-refractivity contribution is 0.0254. The molecule has 3 atom stereocenters. The van der Waals surface area contributed by atoms with Gasteiger partial charge < -0.3 is 20.5 Å². The maximum atomic E-state index is 9.95. The number of benzene rings is 1. The molecule has 1 saturated heterocycles. The van der Waals surface area contributed by atoms with Crippen LogP contribution < -0.4 is 15.4 Å². The summed E-state index contributed by atoms with van der Waals surface area (Å²) >= 11 is 0. The molecule has 10 nitrogen and oxygen atoms in total. The van der Waals surface area contributed by atoms with Crippen LogP contribution in [0.3, 0.4) is 0 Å². The Morgan fingerprint density at radius 1 is 1.19 bits per heavy atom. The molecule has 1 aromatic carbocycles. The van der Waals surface area contributed by atoms with Gasteiger partial charge in [0.25, 0.3) is 0 Å². The lowest BCUT2D eigenvalue weighted by atomic mass is 9.89. The monoisotopic (exact) mass is 434 g/mol. The molecule has 2 aliphatic rings. The smallest absolute Gasteiger partial charge is 0.223 e. The molecular formula is C22H26N8O2.